The van der Waals surface area contributed by atoms with Crippen LogP contribution in [0, 0.1) is 0 Å². The highest BCUT2D eigenvalue weighted by atomic mass is 16.3. The first-order valence-electron chi connectivity index (χ1n) is 3.31. The van der Waals surface area contributed by atoms with Crippen LogP contribution in [0.5, 0.6) is 0 Å². The Morgan fingerprint density at radius 2 is 2.60 bits per heavy atom. The van der Waals surface area contributed by atoms with Crippen LogP contribution in [0.2, 0.25) is 0 Å². The van der Waals surface area contributed by atoms with Crippen LogP contribution in [-0.2, 0) is 4.79 Å². The lowest BCUT2D eigenvalue weighted by Crippen LogP contribution is -2.54. The summed E-state index contributed by atoms with van der Waals surface area (Å²) < 4.78 is 0. The Balaban J connectivity index is 2.42. The van der Waals surface area contributed by atoms with E-state index in [0.29, 0.717) is 6.54 Å². The Kier molecular flexibility index (Phi) is 2.24. The van der Waals surface area contributed by atoms with Crippen molar-refractivity contribution in [2.24, 2.45) is 0 Å². The second-order valence-electron chi connectivity index (χ2n) is 2.64. The normalized spacial score (nSPS) is 28.2. The molecule has 2 N–H and O–H groups in total. The molecule has 0 aliphatic carbocycles. The third-order valence-electron chi connectivity index (χ3n) is 1.53. The van der Waals surface area contributed by atoms with Gasteiger partial charge in [-0.15, -0.1) is 0 Å². The molecule has 1 aliphatic rings. The van der Waals surface area contributed by atoms with Crippen molar-refractivity contribution in [3.63, 3.8) is 0 Å². The quantitative estimate of drug-likeness (QED) is 0.466. The Bertz CT molecular complexity index is 138. The highest BCUT2D eigenvalue weighted by molar-refractivity contribution is 5.79. The first-order valence-corrected chi connectivity index (χ1v) is 3.31. The molecule has 4 nitrogen and oxygen atoms in total. The SMILES string of the molecule is CN1CC(=O)N[C@H](CO)C1. The van der Waals surface area contributed by atoms with Crippen LogP contribution >= 0.6 is 0 Å². The highest BCUT2D eigenvalue weighted by Crippen LogP contribution is 1.94. The van der Waals surface area contributed by atoms with Crippen LogP contribution in [-0.4, -0.2) is 48.7 Å². The summed E-state index contributed by atoms with van der Waals surface area (Å²) in [5.41, 5.74) is 0. The van der Waals surface area contributed by atoms with Gasteiger partial charge < -0.3 is 10.4 Å². The summed E-state index contributed by atoms with van der Waals surface area (Å²) in [6, 6.07) is -0.0775. The van der Waals surface area contributed by atoms with Crippen molar-refractivity contribution in [2.45, 2.75) is 6.04 Å². The summed E-state index contributed by atoms with van der Waals surface area (Å²) >= 11 is 0. The molecule has 0 bridgehead atoms. The van der Waals surface area contributed by atoms with E-state index >= 15 is 0 Å². The topological polar surface area (TPSA) is 52.6 Å². The smallest absolute Gasteiger partial charge is 0.234 e. The first-order chi connectivity index (χ1) is 4.72. The molecular formula is C6H12N2O2. The monoisotopic (exact) mass is 144 g/mol. The van der Waals surface area contributed by atoms with Gasteiger partial charge in [0.15, 0.2) is 0 Å². The minimum absolute atomic E-state index is 0.00667. The fourth-order valence-electron chi connectivity index (χ4n) is 1.11. The zero-order chi connectivity index (χ0) is 7.56. The van der Waals surface area contributed by atoms with E-state index in [2.05, 4.69) is 5.32 Å². The standard InChI is InChI=1S/C6H12N2O2/c1-8-2-5(4-9)7-6(10)3-8/h5,9H,2-4H2,1H3,(H,7,10)/t5-/m0/s1. The molecule has 0 spiro atoms. The molecule has 1 atom stereocenters. The minimum atomic E-state index is -0.0775. The van der Waals surface area contributed by atoms with Crippen LogP contribution < -0.4 is 5.32 Å². The van der Waals surface area contributed by atoms with Crippen molar-refractivity contribution in [2.75, 3.05) is 26.7 Å². The average Bonchev–Trinajstić information content (AvgIpc) is 1.85. The fourth-order valence-corrected chi connectivity index (χ4v) is 1.11. The van der Waals surface area contributed by atoms with E-state index in [-0.39, 0.29) is 18.6 Å². The second-order valence-corrected chi connectivity index (χ2v) is 2.64. The largest absolute Gasteiger partial charge is 0.394 e. The molecular weight excluding hydrogens is 132 g/mol. The predicted molar refractivity (Wildman–Crippen MR) is 36.5 cm³/mol. The maximum absolute atomic E-state index is 10.8. The average molecular weight is 144 g/mol. The van der Waals surface area contributed by atoms with E-state index in [1.807, 2.05) is 11.9 Å². The van der Waals surface area contributed by atoms with Gasteiger partial charge in [-0.25, -0.2) is 0 Å². The molecule has 0 saturated carbocycles. The van der Waals surface area contributed by atoms with Gasteiger partial charge in [0.2, 0.25) is 5.91 Å². The van der Waals surface area contributed by atoms with Crippen LogP contribution in [0.3, 0.4) is 0 Å². The van der Waals surface area contributed by atoms with Gasteiger partial charge in [-0.2, -0.15) is 0 Å². The zero-order valence-corrected chi connectivity index (χ0v) is 6.00. The van der Waals surface area contributed by atoms with E-state index in [1.165, 1.54) is 0 Å². The van der Waals surface area contributed by atoms with Gasteiger partial charge in [0, 0.05) is 6.54 Å². The summed E-state index contributed by atoms with van der Waals surface area (Å²) in [5.74, 6) is -0.00667. The summed E-state index contributed by atoms with van der Waals surface area (Å²) in [6.45, 7) is 1.20. The van der Waals surface area contributed by atoms with Crippen LogP contribution in [0.4, 0.5) is 0 Å². The number of hydrogen-bond donors (Lipinski definition) is 2. The number of rotatable bonds is 1. The van der Waals surface area contributed by atoms with Crippen molar-refractivity contribution in [1.82, 2.24) is 10.2 Å². The number of amides is 1. The number of nitrogens with one attached hydrogen (secondary N) is 1. The van der Waals surface area contributed by atoms with Gasteiger partial charge >= 0.3 is 0 Å². The molecule has 1 amide bonds. The summed E-state index contributed by atoms with van der Waals surface area (Å²) in [4.78, 5) is 12.7. The Morgan fingerprint density at radius 1 is 1.90 bits per heavy atom. The molecule has 0 aromatic heterocycles. The lowest BCUT2D eigenvalue weighted by Gasteiger charge is -2.28. The van der Waals surface area contributed by atoms with E-state index < -0.39 is 0 Å². The number of carbonyl (C=O) groups excluding carboxylic acids is 1. The predicted octanol–water partition coefficient (Wildman–Crippen LogP) is -1.59. The van der Waals surface area contributed by atoms with Crippen molar-refractivity contribution in [1.29, 1.82) is 0 Å². The molecule has 1 fully saturated rings. The van der Waals surface area contributed by atoms with Crippen LogP contribution in [0.15, 0.2) is 0 Å². The minimum Gasteiger partial charge on any atom is -0.394 e. The lowest BCUT2D eigenvalue weighted by atomic mass is 10.2. The lowest BCUT2D eigenvalue weighted by molar-refractivity contribution is -0.125. The van der Waals surface area contributed by atoms with Crippen molar-refractivity contribution < 1.29 is 9.90 Å². The summed E-state index contributed by atoms with van der Waals surface area (Å²) in [7, 11) is 1.86. The number of hydrogen-bond acceptors (Lipinski definition) is 3. The van der Waals surface area contributed by atoms with E-state index in [1.54, 1.807) is 0 Å². The summed E-state index contributed by atoms with van der Waals surface area (Å²) in [5, 5.41) is 11.4. The van der Waals surface area contributed by atoms with Gasteiger partial charge in [-0.3, -0.25) is 9.69 Å². The van der Waals surface area contributed by atoms with Gasteiger partial charge in [0.25, 0.3) is 0 Å². The first kappa shape index (κ1) is 7.50. The zero-order valence-electron chi connectivity index (χ0n) is 6.00. The van der Waals surface area contributed by atoms with Crippen LogP contribution in [0.25, 0.3) is 0 Å². The molecule has 1 heterocycles. The molecule has 1 saturated heterocycles. The highest BCUT2D eigenvalue weighted by Gasteiger charge is 2.20. The second kappa shape index (κ2) is 2.98. The number of aliphatic hydroxyl groups excluding tert-OH is 1. The van der Waals surface area contributed by atoms with Crippen LogP contribution in [0.1, 0.15) is 0 Å². The van der Waals surface area contributed by atoms with Gasteiger partial charge in [-0.1, -0.05) is 0 Å². The Hall–Kier alpha value is -0.610. The van der Waals surface area contributed by atoms with E-state index in [0.717, 1.165) is 6.54 Å². The van der Waals surface area contributed by atoms with E-state index in [9.17, 15) is 4.79 Å². The third-order valence-corrected chi connectivity index (χ3v) is 1.53. The Labute approximate surface area is 59.8 Å². The molecule has 58 valence electrons. The maximum Gasteiger partial charge on any atom is 0.234 e. The Morgan fingerprint density at radius 3 is 3.10 bits per heavy atom. The molecule has 10 heavy (non-hydrogen) atoms. The van der Waals surface area contributed by atoms with Crippen molar-refractivity contribution in [3.05, 3.63) is 0 Å². The number of carbonyl (C=O) groups is 1. The molecule has 0 aromatic carbocycles. The molecule has 4 heteroatoms. The third kappa shape index (κ3) is 1.68. The molecule has 0 aromatic rings. The van der Waals surface area contributed by atoms with Gasteiger partial charge in [0.05, 0.1) is 19.2 Å². The van der Waals surface area contributed by atoms with Gasteiger partial charge in [0.1, 0.15) is 0 Å². The summed E-state index contributed by atoms with van der Waals surface area (Å²) in [6.07, 6.45) is 0. The van der Waals surface area contributed by atoms with E-state index in [4.69, 9.17) is 5.11 Å². The number of aliphatic hydroxyl groups is 1. The maximum atomic E-state index is 10.8. The van der Waals surface area contributed by atoms with Crippen molar-refractivity contribution >= 4 is 5.91 Å². The fraction of sp³-hybridized carbons (Fsp3) is 0.833. The number of piperazine rings is 1. The molecule has 1 rings (SSSR count). The number of likely N-dealkylation sites (N-methyl/N-ethyl adjacent to an activating group) is 1. The van der Waals surface area contributed by atoms with Gasteiger partial charge in [-0.05, 0) is 7.05 Å². The molecule has 1 aliphatic heterocycles. The number of nitrogens with zero attached hydrogens (tertiary/aromatic N) is 1. The van der Waals surface area contributed by atoms with Crippen molar-refractivity contribution in [3.8, 4) is 0 Å². The molecule has 0 radical (unpaired) electrons. The molecule has 0 unspecified atom stereocenters.